The van der Waals surface area contributed by atoms with Crippen molar-refractivity contribution < 1.29 is 4.74 Å². The van der Waals surface area contributed by atoms with Crippen molar-refractivity contribution in [2.45, 2.75) is 25.5 Å². The Balaban J connectivity index is 2.02. The average molecular weight is 259 g/mol. The molecule has 0 aliphatic heterocycles. The van der Waals surface area contributed by atoms with Crippen molar-refractivity contribution in [1.82, 2.24) is 19.5 Å². The third kappa shape index (κ3) is 2.44. The van der Waals surface area contributed by atoms with Crippen LogP contribution in [0.4, 0.5) is 5.82 Å². The van der Waals surface area contributed by atoms with Crippen LogP contribution in [0.25, 0.3) is 11.5 Å². The number of nitrogens with one attached hydrogen (secondary N) is 1. The molecule has 2 aromatic heterocycles. The van der Waals surface area contributed by atoms with Gasteiger partial charge in [0.15, 0.2) is 5.82 Å². The van der Waals surface area contributed by atoms with Gasteiger partial charge in [-0.2, -0.15) is 0 Å². The molecule has 1 saturated carbocycles. The third-order valence-corrected chi connectivity index (χ3v) is 3.16. The van der Waals surface area contributed by atoms with Gasteiger partial charge in [0.05, 0.1) is 24.8 Å². The molecule has 1 aliphatic carbocycles. The summed E-state index contributed by atoms with van der Waals surface area (Å²) in [5.74, 6) is 1.49. The Morgan fingerprint density at radius 1 is 1.42 bits per heavy atom. The van der Waals surface area contributed by atoms with E-state index in [1.54, 1.807) is 7.11 Å². The van der Waals surface area contributed by atoms with Gasteiger partial charge in [-0.05, 0) is 12.8 Å². The van der Waals surface area contributed by atoms with E-state index in [9.17, 15) is 0 Å². The molecule has 0 bridgehead atoms. The van der Waals surface area contributed by atoms with Gasteiger partial charge in [-0.1, -0.05) is 0 Å². The summed E-state index contributed by atoms with van der Waals surface area (Å²) in [6.45, 7) is 0.474. The first-order valence-electron chi connectivity index (χ1n) is 6.38. The second-order valence-corrected chi connectivity index (χ2v) is 4.67. The number of hydrogen-bond acceptors (Lipinski definition) is 5. The zero-order valence-corrected chi connectivity index (χ0v) is 11.1. The Bertz CT molecular complexity index is 576. The number of nitrogens with zero attached hydrogens (tertiary/aromatic N) is 4. The van der Waals surface area contributed by atoms with Gasteiger partial charge >= 0.3 is 0 Å². The lowest BCUT2D eigenvalue weighted by molar-refractivity contribution is 0.181. The molecule has 1 fully saturated rings. The first-order chi connectivity index (χ1) is 9.31. The van der Waals surface area contributed by atoms with Crippen LogP contribution in [0.15, 0.2) is 18.6 Å². The fourth-order valence-corrected chi connectivity index (χ4v) is 2.08. The molecule has 2 heterocycles. The predicted molar refractivity (Wildman–Crippen MR) is 71.8 cm³/mol. The largest absolute Gasteiger partial charge is 0.378 e. The number of hydrogen-bond donors (Lipinski definition) is 1. The standard InChI is InChI=1S/C13H17N5O/c1-14-12-5-9(7-19-2)16-13(17-12)11-6-15-8-18(11)10-3-4-10/h5-6,8,10H,3-4,7H2,1-2H3,(H,14,16,17). The number of imidazole rings is 1. The molecule has 0 saturated heterocycles. The summed E-state index contributed by atoms with van der Waals surface area (Å²) < 4.78 is 7.31. The van der Waals surface area contributed by atoms with Crippen LogP contribution in [-0.4, -0.2) is 33.7 Å². The molecular weight excluding hydrogens is 242 g/mol. The van der Waals surface area contributed by atoms with Crippen molar-refractivity contribution >= 4 is 5.82 Å². The van der Waals surface area contributed by atoms with E-state index in [0.29, 0.717) is 18.5 Å². The SMILES string of the molecule is CNc1cc(COC)nc(-c2cncn2C2CC2)n1. The van der Waals surface area contributed by atoms with Crippen molar-refractivity contribution in [3.63, 3.8) is 0 Å². The summed E-state index contributed by atoms with van der Waals surface area (Å²) >= 11 is 0. The van der Waals surface area contributed by atoms with Crippen molar-refractivity contribution in [3.8, 4) is 11.5 Å². The monoisotopic (exact) mass is 259 g/mol. The summed E-state index contributed by atoms with van der Waals surface area (Å²) in [6, 6.07) is 2.45. The lowest BCUT2D eigenvalue weighted by atomic mass is 10.3. The number of ether oxygens (including phenoxy) is 1. The molecule has 2 aromatic rings. The number of anilines is 1. The molecule has 0 spiro atoms. The Kier molecular flexibility index (Phi) is 3.16. The van der Waals surface area contributed by atoms with Crippen LogP contribution < -0.4 is 5.32 Å². The average Bonchev–Trinajstić information content (AvgIpc) is 3.16. The van der Waals surface area contributed by atoms with E-state index in [0.717, 1.165) is 17.2 Å². The van der Waals surface area contributed by atoms with Crippen molar-refractivity contribution in [2.75, 3.05) is 19.5 Å². The highest BCUT2D eigenvalue weighted by Gasteiger charge is 2.26. The highest BCUT2D eigenvalue weighted by molar-refractivity contribution is 5.53. The van der Waals surface area contributed by atoms with Crippen LogP contribution in [0.5, 0.6) is 0 Å². The summed E-state index contributed by atoms with van der Waals surface area (Å²) in [6.07, 6.45) is 6.10. The molecule has 3 rings (SSSR count). The van der Waals surface area contributed by atoms with Crippen LogP contribution in [0.1, 0.15) is 24.6 Å². The van der Waals surface area contributed by atoms with E-state index in [1.165, 1.54) is 12.8 Å². The van der Waals surface area contributed by atoms with Gasteiger partial charge in [0.1, 0.15) is 11.5 Å². The zero-order chi connectivity index (χ0) is 13.2. The molecular formula is C13H17N5O. The molecule has 6 nitrogen and oxygen atoms in total. The fourth-order valence-electron chi connectivity index (χ4n) is 2.08. The minimum atomic E-state index is 0.474. The van der Waals surface area contributed by atoms with Crippen LogP contribution in [0.2, 0.25) is 0 Å². The second-order valence-electron chi connectivity index (χ2n) is 4.67. The van der Waals surface area contributed by atoms with Gasteiger partial charge in [0, 0.05) is 26.3 Å². The van der Waals surface area contributed by atoms with Gasteiger partial charge in [-0.25, -0.2) is 15.0 Å². The Morgan fingerprint density at radius 3 is 2.95 bits per heavy atom. The molecule has 19 heavy (non-hydrogen) atoms. The maximum atomic E-state index is 5.15. The first-order valence-corrected chi connectivity index (χ1v) is 6.38. The normalized spacial score (nSPS) is 14.6. The van der Waals surface area contributed by atoms with Crippen LogP contribution in [-0.2, 0) is 11.3 Å². The summed E-state index contributed by atoms with van der Waals surface area (Å²) in [5, 5.41) is 3.06. The molecule has 1 aliphatic rings. The number of methoxy groups -OCH3 is 1. The lowest BCUT2D eigenvalue weighted by Crippen LogP contribution is -2.04. The highest BCUT2D eigenvalue weighted by atomic mass is 16.5. The summed E-state index contributed by atoms with van der Waals surface area (Å²) in [4.78, 5) is 13.3. The van der Waals surface area contributed by atoms with Gasteiger partial charge in [-0.3, -0.25) is 0 Å². The third-order valence-electron chi connectivity index (χ3n) is 3.16. The van der Waals surface area contributed by atoms with Crippen LogP contribution in [0.3, 0.4) is 0 Å². The minimum Gasteiger partial charge on any atom is -0.378 e. The molecule has 6 heteroatoms. The van der Waals surface area contributed by atoms with E-state index in [2.05, 4.69) is 24.8 Å². The summed E-state index contributed by atoms with van der Waals surface area (Å²) in [7, 11) is 3.51. The van der Waals surface area contributed by atoms with E-state index in [4.69, 9.17) is 4.74 Å². The van der Waals surface area contributed by atoms with Crippen LogP contribution in [0, 0.1) is 0 Å². The van der Waals surface area contributed by atoms with E-state index in [-0.39, 0.29) is 0 Å². The molecule has 0 aromatic carbocycles. The fraction of sp³-hybridized carbons (Fsp3) is 0.462. The van der Waals surface area contributed by atoms with E-state index >= 15 is 0 Å². The lowest BCUT2D eigenvalue weighted by Gasteiger charge is -2.09. The molecule has 0 unspecified atom stereocenters. The smallest absolute Gasteiger partial charge is 0.180 e. The number of aromatic nitrogens is 4. The Labute approximate surface area is 111 Å². The van der Waals surface area contributed by atoms with Gasteiger partial charge in [0.25, 0.3) is 0 Å². The van der Waals surface area contributed by atoms with Crippen molar-refractivity contribution in [3.05, 3.63) is 24.3 Å². The van der Waals surface area contributed by atoms with Crippen molar-refractivity contribution in [2.24, 2.45) is 0 Å². The van der Waals surface area contributed by atoms with E-state index in [1.807, 2.05) is 25.6 Å². The maximum Gasteiger partial charge on any atom is 0.180 e. The van der Waals surface area contributed by atoms with Crippen molar-refractivity contribution in [1.29, 1.82) is 0 Å². The Morgan fingerprint density at radius 2 is 2.26 bits per heavy atom. The van der Waals surface area contributed by atoms with Crippen LogP contribution >= 0.6 is 0 Å². The molecule has 0 amide bonds. The minimum absolute atomic E-state index is 0.474. The highest BCUT2D eigenvalue weighted by Crippen LogP contribution is 2.37. The zero-order valence-electron chi connectivity index (χ0n) is 11.1. The predicted octanol–water partition coefficient (Wildman–Crippen LogP) is 1.86. The molecule has 1 N–H and O–H groups in total. The quantitative estimate of drug-likeness (QED) is 0.888. The topological polar surface area (TPSA) is 64.9 Å². The number of rotatable bonds is 5. The molecule has 0 radical (unpaired) electrons. The summed E-state index contributed by atoms with van der Waals surface area (Å²) in [5.41, 5.74) is 1.83. The second kappa shape index (κ2) is 4.97. The molecule has 0 atom stereocenters. The maximum absolute atomic E-state index is 5.15. The molecule has 100 valence electrons. The Hall–Kier alpha value is -1.95. The first kappa shape index (κ1) is 12.1. The van der Waals surface area contributed by atoms with Gasteiger partial charge in [0.2, 0.25) is 0 Å². The van der Waals surface area contributed by atoms with Gasteiger partial charge < -0.3 is 14.6 Å². The van der Waals surface area contributed by atoms with Gasteiger partial charge in [-0.15, -0.1) is 0 Å². The van der Waals surface area contributed by atoms with E-state index < -0.39 is 0 Å².